The maximum atomic E-state index is 12.7. The number of anilines is 1. The van der Waals surface area contributed by atoms with Crippen molar-refractivity contribution in [3.8, 4) is 0 Å². The number of pyridine rings is 1. The first-order chi connectivity index (χ1) is 15.4. The molecule has 1 fully saturated rings. The highest BCUT2D eigenvalue weighted by molar-refractivity contribution is 14.0. The lowest BCUT2D eigenvalue weighted by Crippen LogP contribution is -2.45. The van der Waals surface area contributed by atoms with Crippen LogP contribution in [0, 0.1) is 0 Å². The van der Waals surface area contributed by atoms with Crippen molar-refractivity contribution in [2.24, 2.45) is 4.99 Å². The molecule has 0 bridgehead atoms. The van der Waals surface area contributed by atoms with Crippen molar-refractivity contribution in [1.29, 1.82) is 0 Å². The fourth-order valence-corrected chi connectivity index (χ4v) is 3.55. The molecule has 0 unspecified atom stereocenters. The van der Waals surface area contributed by atoms with E-state index in [0.29, 0.717) is 32.0 Å². The fourth-order valence-electron chi connectivity index (χ4n) is 3.55. The molecule has 33 heavy (non-hydrogen) atoms. The van der Waals surface area contributed by atoms with Gasteiger partial charge in [-0.25, -0.2) is 9.98 Å². The Morgan fingerprint density at radius 3 is 2.39 bits per heavy atom. The summed E-state index contributed by atoms with van der Waals surface area (Å²) in [4.78, 5) is 13.9. The van der Waals surface area contributed by atoms with E-state index in [1.165, 1.54) is 12.1 Å². The Labute approximate surface area is 210 Å². The number of aliphatic imine (C=N–C) groups is 1. The molecule has 0 aliphatic carbocycles. The highest BCUT2D eigenvalue weighted by Gasteiger charge is 2.29. The molecule has 2 heterocycles. The van der Waals surface area contributed by atoms with E-state index >= 15 is 0 Å². The number of nitrogens with one attached hydrogen (secondary N) is 2. The van der Waals surface area contributed by atoms with E-state index in [1.807, 2.05) is 19.2 Å². The molecule has 182 valence electrons. The van der Waals surface area contributed by atoms with Gasteiger partial charge in [-0.1, -0.05) is 18.2 Å². The Kier molecular flexibility index (Phi) is 10.7. The summed E-state index contributed by atoms with van der Waals surface area (Å²) in [5.41, 5.74) is 1.28. The standard InChI is InChI=1S/C23H31F3N6.HI/c1-3-27-22(29-12-10-18-6-8-20(9-7-18)23(24,25)26)30-17-19-5-4-11-28-21(19)32-15-13-31(2)14-16-32;/h4-9,11H,3,10,12-17H2,1-2H3,(H2,27,29,30);1H. The van der Waals surface area contributed by atoms with Gasteiger partial charge in [-0.15, -0.1) is 24.0 Å². The summed E-state index contributed by atoms with van der Waals surface area (Å²) in [6.45, 7) is 7.66. The second kappa shape index (κ2) is 13.0. The molecule has 1 saturated heterocycles. The number of hydrogen-bond acceptors (Lipinski definition) is 4. The molecule has 1 aliphatic heterocycles. The predicted molar refractivity (Wildman–Crippen MR) is 137 cm³/mol. The molecule has 0 radical (unpaired) electrons. The number of piperazine rings is 1. The van der Waals surface area contributed by atoms with Gasteiger partial charge in [0, 0.05) is 51.0 Å². The molecule has 1 aromatic heterocycles. The normalized spacial score (nSPS) is 15.2. The summed E-state index contributed by atoms with van der Waals surface area (Å²) in [5, 5.41) is 6.49. The van der Waals surface area contributed by atoms with Gasteiger partial charge in [0.1, 0.15) is 5.82 Å². The Morgan fingerprint density at radius 1 is 1.06 bits per heavy atom. The zero-order chi connectivity index (χ0) is 23.0. The van der Waals surface area contributed by atoms with Crippen LogP contribution in [0.15, 0.2) is 47.6 Å². The number of nitrogens with zero attached hydrogens (tertiary/aromatic N) is 4. The van der Waals surface area contributed by atoms with Gasteiger partial charge < -0.3 is 20.4 Å². The van der Waals surface area contributed by atoms with Crippen molar-refractivity contribution < 1.29 is 13.2 Å². The van der Waals surface area contributed by atoms with Gasteiger partial charge in [0.15, 0.2) is 5.96 Å². The lowest BCUT2D eigenvalue weighted by molar-refractivity contribution is -0.137. The minimum Gasteiger partial charge on any atom is -0.357 e. The summed E-state index contributed by atoms with van der Waals surface area (Å²) >= 11 is 0. The van der Waals surface area contributed by atoms with Crippen molar-refractivity contribution in [1.82, 2.24) is 20.5 Å². The van der Waals surface area contributed by atoms with Crippen LogP contribution in [0.1, 0.15) is 23.6 Å². The van der Waals surface area contributed by atoms with Crippen LogP contribution in [-0.2, 0) is 19.1 Å². The van der Waals surface area contributed by atoms with Gasteiger partial charge in [0.25, 0.3) is 0 Å². The van der Waals surface area contributed by atoms with Gasteiger partial charge in [-0.2, -0.15) is 13.2 Å². The Balaban J connectivity index is 0.00000385. The zero-order valence-corrected chi connectivity index (χ0v) is 21.4. The average molecular weight is 576 g/mol. The van der Waals surface area contributed by atoms with E-state index < -0.39 is 11.7 Å². The van der Waals surface area contributed by atoms with Crippen LogP contribution >= 0.6 is 24.0 Å². The van der Waals surface area contributed by atoms with Gasteiger partial charge in [-0.05, 0) is 44.2 Å². The fraction of sp³-hybridized carbons (Fsp3) is 0.478. The molecule has 6 nitrogen and oxygen atoms in total. The highest BCUT2D eigenvalue weighted by atomic mass is 127. The summed E-state index contributed by atoms with van der Waals surface area (Å²) in [7, 11) is 2.13. The smallest absolute Gasteiger partial charge is 0.357 e. The van der Waals surface area contributed by atoms with Crippen LogP contribution in [0.25, 0.3) is 0 Å². The summed E-state index contributed by atoms with van der Waals surface area (Å²) in [5.74, 6) is 1.65. The molecule has 3 rings (SSSR count). The van der Waals surface area contributed by atoms with Crippen LogP contribution in [0.5, 0.6) is 0 Å². The molecule has 10 heteroatoms. The third-order valence-corrected chi connectivity index (χ3v) is 5.41. The number of likely N-dealkylation sites (N-methyl/N-ethyl adjacent to an activating group) is 1. The first kappa shape index (κ1) is 27.2. The highest BCUT2D eigenvalue weighted by Crippen LogP contribution is 2.29. The second-order valence-electron chi connectivity index (χ2n) is 7.84. The lowest BCUT2D eigenvalue weighted by atomic mass is 10.1. The van der Waals surface area contributed by atoms with Crippen LogP contribution < -0.4 is 15.5 Å². The number of halogens is 4. The molecular formula is C23H32F3IN6. The molecule has 0 saturated carbocycles. The van der Waals surface area contributed by atoms with Crippen molar-refractivity contribution in [3.63, 3.8) is 0 Å². The van der Waals surface area contributed by atoms with E-state index in [2.05, 4.69) is 38.5 Å². The monoisotopic (exact) mass is 576 g/mol. The summed E-state index contributed by atoms with van der Waals surface area (Å²) in [6.07, 6.45) is -1.90. The molecule has 2 N–H and O–H groups in total. The number of aromatic nitrogens is 1. The predicted octanol–water partition coefficient (Wildman–Crippen LogP) is 3.77. The third-order valence-electron chi connectivity index (χ3n) is 5.41. The lowest BCUT2D eigenvalue weighted by Gasteiger charge is -2.34. The second-order valence-corrected chi connectivity index (χ2v) is 7.84. The average Bonchev–Trinajstić information content (AvgIpc) is 2.78. The molecule has 0 atom stereocenters. The van der Waals surface area contributed by atoms with Crippen LogP contribution in [-0.4, -0.2) is 62.2 Å². The quantitative estimate of drug-likeness (QED) is 0.299. The zero-order valence-electron chi connectivity index (χ0n) is 19.0. The Bertz CT molecular complexity index is 881. The minimum atomic E-state index is -4.31. The molecular weight excluding hydrogens is 544 g/mol. The SMILES string of the molecule is CCNC(=NCc1cccnc1N1CCN(C)CC1)NCCc1ccc(C(F)(F)F)cc1.I. The summed E-state index contributed by atoms with van der Waals surface area (Å²) in [6, 6.07) is 9.26. The first-order valence-corrected chi connectivity index (χ1v) is 10.9. The van der Waals surface area contributed by atoms with Crippen molar-refractivity contribution in [3.05, 3.63) is 59.3 Å². The molecule has 0 amide bonds. The van der Waals surface area contributed by atoms with Gasteiger partial charge in [0.05, 0.1) is 12.1 Å². The van der Waals surface area contributed by atoms with Gasteiger partial charge >= 0.3 is 6.18 Å². The maximum absolute atomic E-state index is 12.7. The molecule has 1 aliphatic rings. The molecule has 0 spiro atoms. The van der Waals surface area contributed by atoms with Crippen molar-refractivity contribution in [2.75, 3.05) is 51.2 Å². The van der Waals surface area contributed by atoms with Crippen molar-refractivity contribution >= 4 is 35.8 Å². The Morgan fingerprint density at radius 2 is 1.76 bits per heavy atom. The van der Waals surface area contributed by atoms with E-state index in [4.69, 9.17) is 4.99 Å². The van der Waals surface area contributed by atoms with Gasteiger partial charge in [-0.3, -0.25) is 0 Å². The molecule has 1 aromatic carbocycles. The number of hydrogen-bond donors (Lipinski definition) is 2. The largest absolute Gasteiger partial charge is 0.416 e. The number of benzene rings is 1. The van der Waals surface area contributed by atoms with E-state index in [1.54, 1.807) is 0 Å². The minimum absolute atomic E-state index is 0. The Hall–Kier alpha value is -2.08. The third kappa shape index (κ3) is 8.33. The van der Waals surface area contributed by atoms with Gasteiger partial charge in [0.2, 0.25) is 0 Å². The van der Waals surface area contributed by atoms with Crippen molar-refractivity contribution in [2.45, 2.75) is 26.1 Å². The van der Waals surface area contributed by atoms with E-state index in [0.717, 1.165) is 55.3 Å². The van der Waals surface area contributed by atoms with E-state index in [-0.39, 0.29) is 24.0 Å². The molecule has 2 aromatic rings. The van der Waals surface area contributed by atoms with Crippen LogP contribution in [0.2, 0.25) is 0 Å². The van der Waals surface area contributed by atoms with Crippen LogP contribution in [0.4, 0.5) is 19.0 Å². The number of alkyl halides is 3. The maximum Gasteiger partial charge on any atom is 0.416 e. The first-order valence-electron chi connectivity index (χ1n) is 10.9. The van der Waals surface area contributed by atoms with E-state index in [9.17, 15) is 13.2 Å². The summed E-state index contributed by atoms with van der Waals surface area (Å²) < 4.78 is 38.1. The van der Waals surface area contributed by atoms with Crippen LogP contribution in [0.3, 0.4) is 0 Å². The topological polar surface area (TPSA) is 55.8 Å². The number of guanidine groups is 1. The number of rotatable bonds is 7.